The average Bonchev–Trinajstić information content (AvgIpc) is 3.08. The van der Waals surface area contributed by atoms with Crippen molar-refractivity contribution in [2.75, 3.05) is 0 Å². The summed E-state index contributed by atoms with van der Waals surface area (Å²) in [4.78, 5) is 22.9. The van der Waals surface area contributed by atoms with Gasteiger partial charge in [-0.15, -0.1) is 0 Å². The maximum absolute atomic E-state index is 13.2. The SMILES string of the molecule is CCCc1nc2c(C)cc(C)nc2n1Cc1ccc2c(=O)c3ccccc3cc(C#N)c2c1. The van der Waals surface area contributed by atoms with Crippen LogP contribution in [0.4, 0.5) is 0 Å². The lowest BCUT2D eigenvalue weighted by Crippen LogP contribution is -2.07. The van der Waals surface area contributed by atoms with Crippen molar-refractivity contribution >= 4 is 32.7 Å². The largest absolute Gasteiger partial charge is 0.308 e. The van der Waals surface area contributed by atoms with Crippen LogP contribution >= 0.6 is 0 Å². The van der Waals surface area contributed by atoms with Gasteiger partial charge in [-0.25, -0.2) is 9.97 Å². The zero-order valence-corrected chi connectivity index (χ0v) is 19.0. The van der Waals surface area contributed by atoms with Crippen molar-refractivity contribution in [3.63, 3.8) is 0 Å². The second kappa shape index (κ2) is 8.14. The quantitative estimate of drug-likeness (QED) is 0.371. The molecule has 0 radical (unpaired) electrons. The van der Waals surface area contributed by atoms with Crippen LogP contribution in [0.1, 0.15) is 41.6 Å². The monoisotopic (exact) mass is 432 g/mol. The summed E-state index contributed by atoms with van der Waals surface area (Å²) < 4.78 is 2.17. The van der Waals surface area contributed by atoms with E-state index in [4.69, 9.17) is 9.97 Å². The van der Waals surface area contributed by atoms with E-state index in [1.165, 1.54) is 0 Å². The van der Waals surface area contributed by atoms with E-state index in [1.54, 1.807) is 0 Å². The molecule has 0 amide bonds. The van der Waals surface area contributed by atoms with Gasteiger partial charge in [-0.3, -0.25) is 4.79 Å². The molecule has 0 saturated heterocycles. The third-order valence-corrected chi connectivity index (χ3v) is 6.16. The van der Waals surface area contributed by atoms with Crippen molar-refractivity contribution in [1.29, 1.82) is 5.26 Å². The molecule has 2 heterocycles. The molecule has 0 N–H and O–H groups in total. The van der Waals surface area contributed by atoms with E-state index in [2.05, 4.69) is 30.6 Å². The molecule has 0 spiro atoms. The minimum Gasteiger partial charge on any atom is -0.308 e. The van der Waals surface area contributed by atoms with Gasteiger partial charge in [0.05, 0.1) is 18.2 Å². The van der Waals surface area contributed by atoms with Gasteiger partial charge in [0.2, 0.25) is 0 Å². The van der Waals surface area contributed by atoms with Crippen molar-refractivity contribution < 1.29 is 0 Å². The van der Waals surface area contributed by atoms with E-state index in [0.717, 1.165) is 52.0 Å². The fourth-order valence-electron chi connectivity index (χ4n) is 4.62. The molecule has 0 aliphatic heterocycles. The number of nitrogens with zero attached hydrogens (tertiary/aromatic N) is 4. The molecule has 5 heteroatoms. The normalized spacial score (nSPS) is 11.3. The number of aromatic nitrogens is 3. The zero-order valence-electron chi connectivity index (χ0n) is 19.0. The lowest BCUT2D eigenvalue weighted by Gasteiger charge is -2.10. The maximum atomic E-state index is 13.2. The van der Waals surface area contributed by atoms with Crippen molar-refractivity contribution in [1.82, 2.24) is 14.5 Å². The Morgan fingerprint density at radius 2 is 1.79 bits per heavy atom. The van der Waals surface area contributed by atoms with Crippen molar-refractivity contribution in [2.24, 2.45) is 0 Å². The van der Waals surface area contributed by atoms with E-state index in [9.17, 15) is 10.1 Å². The molecule has 2 aromatic heterocycles. The van der Waals surface area contributed by atoms with Crippen LogP contribution in [-0.4, -0.2) is 14.5 Å². The van der Waals surface area contributed by atoms with Gasteiger partial charge in [-0.2, -0.15) is 5.26 Å². The van der Waals surface area contributed by atoms with Crippen molar-refractivity contribution in [2.45, 2.75) is 40.2 Å². The molecule has 5 aromatic rings. The zero-order chi connectivity index (χ0) is 23.1. The Balaban J connectivity index is 1.74. The second-order valence-corrected chi connectivity index (χ2v) is 8.58. The number of nitriles is 1. The Labute approximate surface area is 192 Å². The Morgan fingerprint density at radius 1 is 0.970 bits per heavy atom. The van der Waals surface area contributed by atoms with Gasteiger partial charge in [0.1, 0.15) is 11.3 Å². The summed E-state index contributed by atoms with van der Waals surface area (Å²) in [5, 5.41) is 12.5. The standard InChI is InChI=1S/C28H24N4O/c1-4-7-25-31-26-17(2)12-18(3)30-28(26)32(25)16-19-10-11-23-24(13-19)21(15-29)14-20-8-5-6-9-22(20)27(23)33/h5-6,8-14H,4,7,16H2,1-3H3. The second-order valence-electron chi connectivity index (χ2n) is 8.58. The Bertz CT molecular complexity index is 1660. The highest BCUT2D eigenvalue weighted by atomic mass is 16.1. The Kier molecular flexibility index (Phi) is 5.14. The summed E-state index contributed by atoms with van der Waals surface area (Å²) in [6.07, 6.45) is 1.84. The first-order valence-corrected chi connectivity index (χ1v) is 11.2. The van der Waals surface area contributed by atoms with Gasteiger partial charge in [0.15, 0.2) is 11.1 Å². The van der Waals surface area contributed by atoms with Crippen LogP contribution in [-0.2, 0) is 13.0 Å². The molecule has 0 aliphatic carbocycles. The average molecular weight is 433 g/mol. The highest BCUT2D eigenvalue weighted by Gasteiger charge is 2.15. The lowest BCUT2D eigenvalue weighted by atomic mass is 10.1. The van der Waals surface area contributed by atoms with Gasteiger partial charge < -0.3 is 4.57 Å². The molecule has 0 bridgehead atoms. The molecule has 5 nitrogen and oxygen atoms in total. The smallest absolute Gasteiger partial charge is 0.194 e. The molecule has 0 atom stereocenters. The van der Waals surface area contributed by atoms with Gasteiger partial charge in [0.25, 0.3) is 0 Å². The number of imidazole rings is 1. The summed E-state index contributed by atoms with van der Waals surface area (Å²) in [6, 6.07) is 19.4. The van der Waals surface area contributed by atoms with E-state index < -0.39 is 0 Å². The first kappa shape index (κ1) is 20.8. The fourth-order valence-corrected chi connectivity index (χ4v) is 4.62. The summed E-state index contributed by atoms with van der Waals surface area (Å²) in [5.74, 6) is 1.00. The molecule has 33 heavy (non-hydrogen) atoms. The van der Waals surface area contributed by atoms with Crippen LogP contribution in [0.3, 0.4) is 0 Å². The van der Waals surface area contributed by atoms with Crippen LogP contribution < -0.4 is 5.43 Å². The minimum atomic E-state index is -0.0543. The Hall–Kier alpha value is -4.04. The molecule has 162 valence electrons. The highest BCUT2D eigenvalue weighted by Crippen LogP contribution is 2.24. The number of benzene rings is 2. The third kappa shape index (κ3) is 3.54. The third-order valence-electron chi connectivity index (χ3n) is 6.16. The summed E-state index contributed by atoms with van der Waals surface area (Å²) in [5.41, 5.74) is 5.34. The summed E-state index contributed by atoms with van der Waals surface area (Å²) in [6.45, 7) is 6.79. The highest BCUT2D eigenvalue weighted by molar-refractivity contribution is 5.97. The maximum Gasteiger partial charge on any atom is 0.194 e. The number of aryl methyl sites for hydroxylation is 3. The molecule has 0 fully saturated rings. The predicted molar refractivity (Wildman–Crippen MR) is 133 cm³/mol. The number of hydrogen-bond acceptors (Lipinski definition) is 4. The van der Waals surface area contributed by atoms with Gasteiger partial charge in [-0.1, -0.05) is 43.3 Å². The summed E-state index contributed by atoms with van der Waals surface area (Å²) in [7, 11) is 0. The lowest BCUT2D eigenvalue weighted by molar-refractivity contribution is 0.716. The number of fused-ring (bicyclic) bond motifs is 3. The van der Waals surface area contributed by atoms with Crippen LogP contribution in [0.25, 0.3) is 32.7 Å². The molecule has 3 aromatic carbocycles. The number of hydrogen-bond donors (Lipinski definition) is 0. The fraction of sp³-hybridized carbons (Fsp3) is 0.214. The molecular weight excluding hydrogens is 408 g/mol. The molecule has 5 rings (SSSR count). The first-order valence-electron chi connectivity index (χ1n) is 11.2. The predicted octanol–water partition coefficient (Wildman–Crippen LogP) is 5.59. The van der Waals surface area contributed by atoms with E-state index in [0.29, 0.717) is 28.3 Å². The van der Waals surface area contributed by atoms with Crippen molar-refractivity contribution in [3.8, 4) is 6.07 Å². The summed E-state index contributed by atoms with van der Waals surface area (Å²) >= 11 is 0. The topological polar surface area (TPSA) is 71.6 Å². The van der Waals surface area contributed by atoms with E-state index in [-0.39, 0.29) is 5.43 Å². The van der Waals surface area contributed by atoms with Crippen LogP contribution in [0.5, 0.6) is 0 Å². The van der Waals surface area contributed by atoms with Gasteiger partial charge >= 0.3 is 0 Å². The van der Waals surface area contributed by atoms with E-state index in [1.807, 2.05) is 55.5 Å². The van der Waals surface area contributed by atoms with Crippen LogP contribution in [0, 0.1) is 25.2 Å². The van der Waals surface area contributed by atoms with Crippen LogP contribution in [0.15, 0.2) is 59.4 Å². The van der Waals surface area contributed by atoms with Crippen LogP contribution in [0.2, 0.25) is 0 Å². The minimum absolute atomic E-state index is 0.0543. The van der Waals surface area contributed by atoms with Crippen molar-refractivity contribution in [3.05, 3.63) is 93.0 Å². The van der Waals surface area contributed by atoms with E-state index >= 15 is 0 Å². The molecular formula is C28H24N4O. The molecule has 0 saturated carbocycles. The Morgan fingerprint density at radius 3 is 2.58 bits per heavy atom. The first-order chi connectivity index (χ1) is 16.0. The van der Waals surface area contributed by atoms with Gasteiger partial charge in [-0.05, 0) is 55.0 Å². The molecule has 0 unspecified atom stereocenters. The number of pyridine rings is 1. The van der Waals surface area contributed by atoms with Gasteiger partial charge in [0, 0.05) is 28.3 Å². The number of rotatable bonds is 4. The molecule has 0 aliphatic rings.